The van der Waals surface area contributed by atoms with Crippen molar-refractivity contribution >= 4 is 0 Å². The van der Waals surface area contributed by atoms with Gasteiger partial charge in [0.2, 0.25) is 5.82 Å². The van der Waals surface area contributed by atoms with Crippen LogP contribution >= 0.6 is 0 Å². The highest BCUT2D eigenvalue weighted by molar-refractivity contribution is 5.62. The lowest BCUT2D eigenvalue weighted by Crippen LogP contribution is -2.15. The summed E-state index contributed by atoms with van der Waals surface area (Å²) in [5.74, 6) is -10.6. The standard InChI is InChI=1S/C13H11F5N2O/c1-2-3-19-4-6-13(21-5-20-6)7-8(14)10(16)12(18)11(17)9(7)15/h5,19H,2-4H2,1H3. The Kier molecular flexibility index (Phi) is 4.56. The Labute approximate surface area is 116 Å². The van der Waals surface area contributed by atoms with Crippen molar-refractivity contribution in [2.45, 2.75) is 19.9 Å². The van der Waals surface area contributed by atoms with E-state index in [9.17, 15) is 22.0 Å². The molecular weight excluding hydrogens is 295 g/mol. The number of hydrogen-bond donors (Lipinski definition) is 1. The lowest BCUT2D eigenvalue weighted by Gasteiger charge is -2.07. The van der Waals surface area contributed by atoms with Crippen molar-refractivity contribution in [3.05, 3.63) is 41.2 Å². The van der Waals surface area contributed by atoms with Gasteiger partial charge in [0.15, 0.2) is 35.4 Å². The monoisotopic (exact) mass is 306 g/mol. The molecule has 0 atom stereocenters. The molecule has 0 saturated carbocycles. The van der Waals surface area contributed by atoms with Gasteiger partial charge in [-0.1, -0.05) is 6.92 Å². The van der Waals surface area contributed by atoms with Gasteiger partial charge in [0.1, 0.15) is 5.69 Å². The number of rotatable bonds is 5. The van der Waals surface area contributed by atoms with Crippen LogP contribution in [0, 0.1) is 29.1 Å². The van der Waals surface area contributed by atoms with Gasteiger partial charge in [-0.25, -0.2) is 26.9 Å². The van der Waals surface area contributed by atoms with Crippen LogP contribution in [0.4, 0.5) is 22.0 Å². The summed E-state index contributed by atoms with van der Waals surface area (Å²) in [5, 5.41) is 2.90. The second kappa shape index (κ2) is 6.21. The van der Waals surface area contributed by atoms with Crippen molar-refractivity contribution in [3.8, 4) is 11.3 Å². The van der Waals surface area contributed by atoms with E-state index in [1.807, 2.05) is 6.92 Å². The highest BCUT2D eigenvalue weighted by atomic mass is 19.2. The molecule has 0 bridgehead atoms. The Morgan fingerprint density at radius 1 is 1.00 bits per heavy atom. The predicted octanol–water partition coefficient (Wildman–Crippen LogP) is 3.54. The number of hydrogen-bond acceptors (Lipinski definition) is 3. The van der Waals surface area contributed by atoms with Crippen LogP contribution in [0.15, 0.2) is 10.8 Å². The molecule has 21 heavy (non-hydrogen) atoms. The zero-order valence-corrected chi connectivity index (χ0v) is 10.9. The van der Waals surface area contributed by atoms with Crippen LogP contribution in [0.2, 0.25) is 0 Å². The van der Waals surface area contributed by atoms with Crippen LogP contribution in [-0.2, 0) is 6.54 Å². The summed E-state index contributed by atoms with van der Waals surface area (Å²) in [4.78, 5) is 3.73. The maximum Gasteiger partial charge on any atom is 0.200 e. The van der Waals surface area contributed by atoms with Crippen LogP contribution in [0.5, 0.6) is 0 Å². The lowest BCUT2D eigenvalue weighted by molar-refractivity contribution is 0.378. The molecule has 3 nitrogen and oxygen atoms in total. The second-order valence-electron chi connectivity index (χ2n) is 4.25. The van der Waals surface area contributed by atoms with Gasteiger partial charge in [0.05, 0.1) is 5.56 Å². The smallest absolute Gasteiger partial charge is 0.200 e. The molecule has 0 fully saturated rings. The van der Waals surface area contributed by atoms with Crippen LogP contribution in [0.25, 0.3) is 11.3 Å². The number of oxazole rings is 1. The van der Waals surface area contributed by atoms with Gasteiger partial charge in [-0.2, -0.15) is 0 Å². The maximum atomic E-state index is 13.7. The molecule has 0 unspecified atom stereocenters. The topological polar surface area (TPSA) is 38.1 Å². The zero-order chi connectivity index (χ0) is 15.6. The molecule has 0 aliphatic rings. The molecule has 0 spiro atoms. The van der Waals surface area contributed by atoms with E-state index in [0.29, 0.717) is 6.54 Å². The summed E-state index contributed by atoms with van der Waals surface area (Å²) in [6.07, 6.45) is 1.69. The Balaban J connectivity index is 2.51. The average molecular weight is 306 g/mol. The Morgan fingerprint density at radius 3 is 2.14 bits per heavy atom. The van der Waals surface area contributed by atoms with Gasteiger partial charge in [0.25, 0.3) is 0 Å². The van der Waals surface area contributed by atoms with Gasteiger partial charge >= 0.3 is 0 Å². The summed E-state index contributed by atoms with van der Waals surface area (Å²) >= 11 is 0. The highest BCUT2D eigenvalue weighted by Crippen LogP contribution is 2.33. The SMILES string of the molecule is CCCNCc1ncoc1-c1c(F)c(F)c(F)c(F)c1F. The molecule has 8 heteroatoms. The Hall–Kier alpha value is -1.96. The van der Waals surface area contributed by atoms with E-state index in [2.05, 4.69) is 10.3 Å². The van der Waals surface area contributed by atoms with Crippen molar-refractivity contribution in [1.82, 2.24) is 10.3 Å². The molecule has 114 valence electrons. The largest absolute Gasteiger partial charge is 0.443 e. The van der Waals surface area contributed by atoms with Crippen molar-refractivity contribution in [2.75, 3.05) is 6.54 Å². The van der Waals surface area contributed by atoms with Gasteiger partial charge in [-0.05, 0) is 13.0 Å². The normalized spacial score (nSPS) is 11.1. The van der Waals surface area contributed by atoms with E-state index < -0.39 is 40.4 Å². The van der Waals surface area contributed by atoms with Gasteiger partial charge in [-0.15, -0.1) is 0 Å². The second-order valence-corrected chi connectivity index (χ2v) is 4.25. The molecule has 1 heterocycles. The van der Waals surface area contributed by atoms with Crippen molar-refractivity contribution in [2.24, 2.45) is 0 Å². The molecule has 2 rings (SSSR count). The first kappa shape index (κ1) is 15.4. The minimum absolute atomic E-state index is 0.0617. The summed E-state index contributed by atoms with van der Waals surface area (Å²) < 4.78 is 71.6. The van der Waals surface area contributed by atoms with Gasteiger partial charge in [0, 0.05) is 6.54 Å². The molecule has 0 aliphatic heterocycles. The number of halogens is 5. The molecule has 2 aromatic rings. The average Bonchev–Trinajstić information content (AvgIpc) is 2.92. The molecule has 0 saturated heterocycles. The van der Waals surface area contributed by atoms with Crippen LogP contribution in [0.1, 0.15) is 19.0 Å². The summed E-state index contributed by atoms with van der Waals surface area (Å²) in [6, 6.07) is 0. The van der Waals surface area contributed by atoms with E-state index in [-0.39, 0.29) is 12.2 Å². The van der Waals surface area contributed by atoms with Gasteiger partial charge in [-0.3, -0.25) is 0 Å². The third-order valence-corrected chi connectivity index (χ3v) is 2.80. The Morgan fingerprint density at radius 2 is 1.57 bits per heavy atom. The fraction of sp³-hybridized carbons (Fsp3) is 0.308. The fourth-order valence-electron chi connectivity index (χ4n) is 1.79. The summed E-state index contributed by atoms with van der Waals surface area (Å²) in [7, 11) is 0. The van der Waals surface area contributed by atoms with E-state index in [1.54, 1.807) is 0 Å². The zero-order valence-electron chi connectivity index (χ0n) is 10.9. The number of nitrogens with one attached hydrogen (secondary N) is 1. The third kappa shape index (κ3) is 2.76. The van der Waals surface area contributed by atoms with E-state index in [0.717, 1.165) is 12.8 Å². The first-order valence-corrected chi connectivity index (χ1v) is 6.13. The summed E-state index contributed by atoms with van der Waals surface area (Å²) in [5.41, 5.74) is -1.05. The summed E-state index contributed by atoms with van der Waals surface area (Å²) in [6.45, 7) is 2.59. The fourth-order valence-corrected chi connectivity index (χ4v) is 1.79. The van der Waals surface area contributed by atoms with E-state index in [4.69, 9.17) is 4.42 Å². The molecular formula is C13H11F5N2O. The molecule has 1 aromatic heterocycles. The van der Waals surface area contributed by atoms with Crippen molar-refractivity contribution in [3.63, 3.8) is 0 Å². The number of nitrogens with zero attached hydrogens (tertiary/aromatic N) is 1. The molecule has 0 aliphatic carbocycles. The highest BCUT2D eigenvalue weighted by Gasteiger charge is 2.29. The van der Waals surface area contributed by atoms with Gasteiger partial charge < -0.3 is 9.73 Å². The minimum atomic E-state index is -2.21. The predicted molar refractivity (Wildman–Crippen MR) is 63.7 cm³/mol. The number of benzene rings is 1. The molecule has 0 radical (unpaired) electrons. The number of aromatic nitrogens is 1. The van der Waals surface area contributed by atoms with Crippen LogP contribution in [-0.4, -0.2) is 11.5 Å². The Bertz CT molecular complexity index is 627. The van der Waals surface area contributed by atoms with Crippen LogP contribution < -0.4 is 5.32 Å². The van der Waals surface area contributed by atoms with E-state index in [1.165, 1.54) is 0 Å². The van der Waals surface area contributed by atoms with E-state index >= 15 is 0 Å². The maximum absolute atomic E-state index is 13.7. The van der Waals surface area contributed by atoms with Crippen LogP contribution in [0.3, 0.4) is 0 Å². The van der Waals surface area contributed by atoms with Crippen molar-refractivity contribution in [1.29, 1.82) is 0 Å². The quantitative estimate of drug-likeness (QED) is 0.397. The first-order valence-electron chi connectivity index (χ1n) is 6.13. The minimum Gasteiger partial charge on any atom is -0.443 e. The lowest BCUT2D eigenvalue weighted by atomic mass is 10.1. The molecule has 1 aromatic carbocycles. The molecule has 0 amide bonds. The molecule has 1 N–H and O–H groups in total. The van der Waals surface area contributed by atoms with Crippen molar-refractivity contribution < 1.29 is 26.4 Å². The first-order chi connectivity index (χ1) is 9.99. The third-order valence-electron chi connectivity index (χ3n) is 2.80.